The number of aryl methyl sites for hydroxylation is 1. The van der Waals surface area contributed by atoms with E-state index in [2.05, 4.69) is 20.6 Å². The largest absolute Gasteiger partial charge is 0.356 e. The van der Waals surface area contributed by atoms with Gasteiger partial charge in [-0.25, -0.2) is 14.7 Å². The van der Waals surface area contributed by atoms with Gasteiger partial charge in [-0.1, -0.05) is 6.07 Å². The van der Waals surface area contributed by atoms with E-state index in [4.69, 9.17) is 0 Å². The Morgan fingerprint density at radius 1 is 1.40 bits per heavy atom. The summed E-state index contributed by atoms with van der Waals surface area (Å²) in [4.78, 5) is 45.7. The van der Waals surface area contributed by atoms with Gasteiger partial charge in [0, 0.05) is 30.2 Å². The van der Waals surface area contributed by atoms with Crippen molar-refractivity contribution in [2.75, 3.05) is 11.4 Å². The van der Waals surface area contributed by atoms with E-state index in [1.165, 1.54) is 11.3 Å². The van der Waals surface area contributed by atoms with Gasteiger partial charge in [0.15, 0.2) is 0 Å². The first-order chi connectivity index (χ1) is 12.0. The Morgan fingerprint density at radius 3 is 2.92 bits per heavy atom. The van der Waals surface area contributed by atoms with Gasteiger partial charge in [0.1, 0.15) is 6.04 Å². The molecule has 0 radical (unpaired) electrons. The van der Waals surface area contributed by atoms with E-state index in [0.717, 1.165) is 16.3 Å². The average Bonchev–Trinajstić information content (AvgIpc) is 3.12. The maximum Gasteiger partial charge on any atom is 0.331 e. The number of hydrogen-bond acceptors (Lipinski definition) is 6. The molecule has 9 heteroatoms. The Morgan fingerprint density at radius 2 is 2.24 bits per heavy atom. The van der Waals surface area contributed by atoms with Crippen LogP contribution >= 0.6 is 11.3 Å². The van der Waals surface area contributed by atoms with Crippen LogP contribution in [0.4, 0.5) is 9.93 Å². The Kier molecular flexibility index (Phi) is 5.03. The minimum atomic E-state index is -0.869. The van der Waals surface area contributed by atoms with Crippen LogP contribution in [-0.4, -0.2) is 40.4 Å². The van der Waals surface area contributed by atoms with Crippen LogP contribution in [0, 0.1) is 6.92 Å². The van der Waals surface area contributed by atoms with Gasteiger partial charge in [-0.15, -0.1) is 11.3 Å². The highest BCUT2D eigenvalue weighted by atomic mass is 32.1. The summed E-state index contributed by atoms with van der Waals surface area (Å²) in [5, 5.41) is 7.34. The van der Waals surface area contributed by atoms with E-state index in [1.807, 2.05) is 18.2 Å². The lowest BCUT2D eigenvalue weighted by molar-refractivity contribution is -0.125. The van der Waals surface area contributed by atoms with E-state index in [0.29, 0.717) is 18.1 Å². The molecule has 0 aliphatic carbocycles. The van der Waals surface area contributed by atoms with E-state index < -0.39 is 18.0 Å². The molecule has 1 aliphatic heterocycles. The number of nitrogens with one attached hydrogen (secondary N) is 2. The zero-order valence-electron chi connectivity index (χ0n) is 13.6. The number of hydrogen-bond donors (Lipinski definition) is 2. The van der Waals surface area contributed by atoms with Gasteiger partial charge in [-0.2, -0.15) is 0 Å². The molecule has 0 spiro atoms. The standard InChI is InChI=1S/C16H17N5O3S/c1-10-9-25-16(19-10)21-14(23)12(20-15(21)24)8-13(22)18-7-5-11-4-2-3-6-17-11/h2-4,6,9,12H,5,7-8H2,1H3,(H,18,22)(H,20,24)/t12-/m1/s1. The molecule has 8 nitrogen and oxygen atoms in total. The van der Waals surface area contributed by atoms with Crippen LogP contribution in [0.25, 0.3) is 0 Å². The van der Waals surface area contributed by atoms with Crippen molar-refractivity contribution in [3.63, 3.8) is 0 Å². The molecule has 3 rings (SSSR count). The average molecular weight is 359 g/mol. The van der Waals surface area contributed by atoms with Crippen molar-refractivity contribution >= 4 is 34.3 Å². The highest BCUT2D eigenvalue weighted by molar-refractivity contribution is 7.14. The molecule has 2 aromatic rings. The molecule has 2 aromatic heterocycles. The molecule has 1 atom stereocenters. The van der Waals surface area contributed by atoms with Gasteiger partial charge < -0.3 is 10.6 Å². The Bertz CT molecular complexity index is 792. The Hall–Kier alpha value is -2.81. The summed E-state index contributed by atoms with van der Waals surface area (Å²) in [7, 11) is 0. The number of amides is 4. The Balaban J connectivity index is 1.52. The molecule has 2 N–H and O–H groups in total. The number of pyridine rings is 1. The van der Waals surface area contributed by atoms with Crippen LogP contribution in [0.1, 0.15) is 17.8 Å². The number of nitrogens with zero attached hydrogens (tertiary/aromatic N) is 3. The van der Waals surface area contributed by atoms with E-state index in [1.54, 1.807) is 18.5 Å². The number of imide groups is 1. The van der Waals surface area contributed by atoms with Crippen molar-refractivity contribution in [2.45, 2.75) is 25.8 Å². The number of aromatic nitrogens is 2. The fourth-order valence-corrected chi connectivity index (χ4v) is 3.23. The zero-order chi connectivity index (χ0) is 17.8. The van der Waals surface area contributed by atoms with Crippen molar-refractivity contribution in [3.8, 4) is 0 Å². The smallest absolute Gasteiger partial charge is 0.331 e. The minimum Gasteiger partial charge on any atom is -0.356 e. The molecule has 0 aromatic carbocycles. The van der Waals surface area contributed by atoms with Gasteiger partial charge in [0.2, 0.25) is 11.0 Å². The van der Waals surface area contributed by atoms with Crippen LogP contribution in [0.5, 0.6) is 0 Å². The van der Waals surface area contributed by atoms with Crippen molar-refractivity contribution in [1.29, 1.82) is 0 Å². The molecule has 4 amide bonds. The predicted molar refractivity (Wildman–Crippen MR) is 92.2 cm³/mol. The van der Waals surface area contributed by atoms with Gasteiger partial charge in [-0.05, 0) is 19.1 Å². The number of rotatable bonds is 6. The Labute approximate surface area is 148 Å². The first kappa shape index (κ1) is 17.0. The lowest BCUT2D eigenvalue weighted by atomic mass is 10.2. The second kappa shape index (κ2) is 7.39. The second-order valence-corrected chi connectivity index (χ2v) is 6.41. The second-order valence-electron chi connectivity index (χ2n) is 5.57. The van der Waals surface area contributed by atoms with Crippen LogP contribution < -0.4 is 15.5 Å². The summed E-state index contributed by atoms with van der Waals surface area (Å²) >= 11 is 1.21. The number of carbonyl (C=O) groups excluding carboxylic acids is 3. The molecule has 1 saturated heterocycles. The molecular formula is C16H17N5O3S. The van der Waals surface area contributed by atoms with Crippen LogP contribution in [0.15, 0.2) is 29.8 Å². The third-order valence-electron chi connectivity index (χ3n) is 3.64. The van der Waals surface area contributed by atoms with Crippen molar-refractivity contribution in [2.24, 2.45) is 0 Å². The van der Waals surface area contributed by atoms with Crippen LogP contribution in [0.3, 0.4) is 0 Å². The molecule has 25 heavy (non-hydrogen) atoms. The fraction of sp³-hybridized carbons (Fsp3) is 0.312. The number of carbonyl (C=O) groups is 3. The van der Waals surface area contributed by atoms with Crippen molar-refractivity contribution < 1.29 is 14.4 Å². The minimum absolute atomic E-state index is 0.104. The van der Waals surface area contributed by atoms with E-state index in [-0.39, 0.29) is 12.3 Å². The quantitative estimate of drug-likeness (QED) is 0.750. The SMILES string of the molecule is Cc1csc(N2C(=O)N[C@H](CC(=O)NCCc3ccccn3)C2=O)n1. The number of anilines is 1. The van der Waals surface area contributed by atoms with Gasteiger partial charge in [0.05, 0.1) is 12.1 Å². The molecule has 0 saturated carbocycles. The predicted octanol–water partition coefficient (Wildman–Crippen LogP) is 1.02. The maximum absolute atomic E-state index is 12.4. The summed E-state index contributed by atoms with van der Waals surface area (Å²) < 4.78 is 0. The third-order valence-corrected chi connectivity index (χ3v) is 4.58. The van der Waals surface area contributed by atoms with Gasteiger partial charge in [0.25, 0.3) is 5.91 Å². The fourth-order valence-electron chi connectivity index (χ4n) is 2.43. The highest BCUT2D eigenvalue weighted by Crippen LogP contribution is 2.24. The summed E-state index contributed by atoms with van der Waals surface area (Å²) in [6.07, 6.45) is 2.19. The van der Waals surface area contributed by atoms with Crippen LogP contribution in [0.2, 0.25) is 0 Å². The normalized spacial score (nSPS) is 16.8. The molecule has 130 valence electrons. The first-order valence-electron chi connectivity index (χ1n) is 7.78. The number of thiazole rings is 1. The summed E-state index contributed by atoms with van der Waals surface area (Å²) in [6, 6.07) is 4.16. The zero-order valence-corrected chi connectivity index (χ0v) is 14.4. The van der Waals surface area contributed by atoms with E-state index in [9.17, 15) is 14.4 Å². The summed E-state index contributed by atoms with van der Waals surface area (Å²) in [5.41, 5.74) is 1.61. The lowest BCUT2D eigenvalue weighted by Gasteiger charge is -2.10. The summed E-state index contributed by atoms with van der Waals surface area (Å²) in [6.45, 7) is 2.20. The maximum atomic E-state index is 12.4. The monoisotopic (exact) mass is 359 g/mol. The van der Waals surface area contributed by atoms with E-state index >= 15 is 0 Å². The highest BCUT2D eigenvalue weighted by Gasteiger charge is 2.41. The molecule has 0 unspecified atom stereocenters. The molecular weight excluding hydrogens is 342 g/mol. The van der Waals surface area contributed by atoms with Crippen molar-refractivity contribution in [1.82, 2.24) is 20.6 Å². The molecule has 1 aliphatic rings. The van der Waals surface area contributed by atoms with Gasteiger partial charge in [-0.3, -0.25) is 14.6 Å². The third kappa shape index (κ3) is 4.00. The topological polar surface area (TPSA) is 104 Å². The van der Waals surface area contributed by atoms with Gasteiger partial charge >= 0.3 is 6.03 Å². The molecule has 1 fully saturated rings. The number of urea groups is 1. The molecule has 0 bridgehead atoms. The first-order valence-corrected chi connectivity index (χ1v) is 8.66. The van der Waals surface area contributed by atoms with Crippen molar-refractivity contribution in [3.05, 3.63) is 41.2 Å². The molecule has 3 heterocycles. The summed E-state index contributed by atoms with van der Waals surface area (Å²) in [5.74, 6) is -0.758. The van der Waals surface area contributed by atoms with Crippen LogP contribution in [-0.2, 0) is 16.0 Å². The lowest BCUT2D eigenvalue weighted by Crippen LogP contribution is -2.37.